The van der Waals surface area contributed by atoms with E-state index in [1.54, 1.807) is 0 Å². The number of hydrogen-bond donors (Lipinski definition) is 3. The zero-order chi connectivity index (χ0) is 15.1. The fourth-order valence-corrected chi connectivity index (χ4v) is 0.919. The van der Waals surface area contributed by atoms with Gasteiger partial charge in [-0.15, -0.1) is 0 Å². The minimum Gasteiger partial charge on any atom is -0.481 e. The molecule has 0 rings (SSSR count). The molecule has 3 N–H and O–H groups in total. The van der Waals surface area contributed by atoms with E-state index in [0.717, 1.165) is 0 Å². The number of aliphatic carboxylic acids is 2. The van der Waals surface area contributed by atoms with Crippen LogP contribution in [0.4, 0.5) is 0 Å². The van der Waals surface area contributed by atoms with Crippen LogP contribution in [0.25, 0.3) is 0 Å². The van der Waals surface area contributed by atoms with E-state index in [4.69, 9.17) is 14.8 Å². The summed E-state index contributed by atoms with van der Waals surface area (Å²) < 4.78 is 27.9. The van der Waals surface area contributed by atoms with Gasteiger partial charge in [-0.2, -0.15) is 8.42 Å². The van der Waals surface area contributed by atoms with Crippen LogP contribution in [0.15, 0.2) is 24.3 Å². The topological polar surface area (TPSA) is 146 Å². The van der Waals surface area contributed by atoms with Crippen molar-refractivity contribution in [2.45, 2.75) is 13.3 Å². The summed E-state index contributed by atoms with van der Waals surface area (Å²) in [7, 11) is -4.54. The summed E-state index contributed by atoms with van der Waals surface area (Å²) in [5.74, 6) is -2.44. The van der Waals surface area contributed by atoms with E-state index in [1.165, 1.54) is 6.92 Å². The van der Waals surface area contributed by atoms with Crippen LogP contribution in [0.5, 0.6) is 0 Å². The number of carbonyl (C=O) groups excluding carboxylic acids is 1. The highest BCUT2D eigenvalue weighted by atomic mass is 32.2. The third kappa shape index (κ3) is 9.24. The second kappa shape index (κ2) is 7.35. The van der Waals surface area contributed by atoms with Crippen molar-refractivity contribution in [1.82, 2.24) is 0 Å². The Labute approximate surface area is 103 Å². The minimum atomic E-state index is -4.54. The maximum atomic E-state index is 10.2. The molecule has 0 aliphatic heterocycles. The predicted octanol–water partition coefficient (Wildman–Crippen LogP) is 0.0788. The molecule has 0 saturated heterocycles. The molecule has 8 nitrogen and oxygen atoms in total. The third-order valence-electron chi connectivity index (χ3n) is 1.25. The van der Waals surface area contributed by atoms with Crippen LogP contribution in [0.2, 0.25) is 0 Å². The first-order valence-corrected chi connectivity index (χ1v) is 5.63. The van der Waals surface area contributed by atoms with Crippen molar-refractivity contribution >= 4 is 27.2 Å². The number of rotatable bonds is 4. The summed E-state index contributed by atoms with van der Waals surface area (Å²) >= 11 is 0. The molecule has 0 amide bonds. The largest absolute Gasteiger partial charge is 0.481 e. The molecule has 0 radical (unpaired) electrons. The van der Waals surface area contributed by atoms with Gasteiger partial charge in [-0.1, -0.05) is 13.2 Å². The van der Waals surface area contributed by atoms with Gasteiger partial charge in [-0.05, 0) is 6.92 Å². The highest BCUT2D eigenvalue weighted by molar-refractivity contribution is 8.01. The van der Waals surface area contributed by atoms with E-state index in [2.05, 4.69) is 13.2 Å². The summed E-state index contributed by atoms with van der Waals surface area (Å²) in [6.07, 6.45) is -0.505. The summed E-state index contributed by atoms with van der Waals surface area (Å²) in [5, 5.41) is 14.7. The first kappa shape index (κ1) is 18.4. The van der Waals surface area contributed by atoms with Crippen LogP contribution >= 0.6 is 0 Å². The Kier molecular flexibility index (Phi) is 7.50. The average molecular weight is 280 g/mol. The Morgan fingerprint density at radius 3 is 1.56 bits per heavy atom. The monoisotopic (exact) mass is 280 g/mol. The van der Waals surface area contributed by atoms with E-state index < -0.39 is 33.6 Å². The summed E-state index contributed by atoms with van der Waals surface area (Å²) in [6.45, 7) is 7.25. The van der Waals surface area contributed by atoms with Gasteiger partial charge in [0.05, 0.1) is 6.42 Å². The van der Waals surface area contributed by atoms with Crippen molar-refractivity contribution < 1.29 is 37.6 Å². The lowest BCUT2D eigenvalue weighted by atomic mass is 10.2. The van der Waals surface area contributed by atoms with Crippen molar-refractivity contribution in [2.24, 2.45) is 0 Å². The molecule has 0 spiro atoms. The first-order valence-electron chi connectivity index (χ1n) is 4.19. The quantitative estimate of drug-likeness (QED) is 0.484. The van der Waals surface area contributed by atoms with Crippen LogP contribution < -0.4 is 0 Å². The van der Waals surface area contributed by atoms with Crippen LogP contribution in [-0.4, -0.2) is 40.2 Å². The molecule has 9 heteroatoms. The van der Waals surface area contributed by atoms with Gasteiger partial charge in [0.1, 0.15) is 0 Å². The predicted molar refractivity (Wildman–Crippen MR) is 60.4 cm³/mol. The normalized spacial score (nSPS) is 9.67. The molecule has 0 fully saturated rings. The van der Waals surface area contributed by atoms with E-state index in [-0.39, 0.29) is 11.1 Å². The van der Waals surface area contributed by atoms with Gasteiger partial charge in [0.2, 0.25) is 0 Å². The second-order valence-electron chi connectivity index (χ2n) is 3.02. The molecule has 0 heterocycles. The van der Waals surface area contributed by atoms with Crippen molar-refractivity contribution in [3.63, 3.8) is 0 Å². The summed E-state index contributed by atoms with van der Waals surface area (Å²) in [5.41, 5.74) is -0.500. The van der Waals surface area contributed by atoms with Gasteiger partial charge in [-0.3, -0.25) is 14.1 Å². The van der Waals surface area contributed by atoms with Gasteiger partial charge in [-0.25, -0.2) is 4.79 Å². The molecule has 18 heavy (non-hydrogen) atoms. The van der Waals surface area contributed by atoms with Crippen LogP contribution in [0.1, 0.15) is 13.3 Å². The second-order valence-corrected chi connectivity index (χ2v) is 4.34. The Morgan fingerprint density at radius 1 is 1.11 bits per heavy atom. The zero-order valence-corrected chi connectivity index (χ0v) is 10.2. The molecule has 0 aromatic carbocycles. The van der Waals surface area contributed by atoms with Gasteiger partial charge >= 0.3 is 22.1 Å². The van der Waals surface area contributed by atoms with Crippen molar-refractivity contribution in [1.29, 1.82) is 0 Å². The molecule has 0 atom stereocenters. The fourth-order valence-electron chi connectivity index (χ4n) is 0.478. The van der Waals surface area contributed by atoms with Gasteiger partial charge < -0.3 is 10.2 Å². The Bertz CT molecular complexity index is 485. The Hall–Kier alpha value is -2.00. The number of carboxylic acid groups (broad SMARTS) is 2. The molecule has 0 saturated carbocycles. The van der Waals surface area contributed by atoms with Gasteiger partial charge in [0, 0.05) is 11.1 Å². The van der Waals surface area contributed by atoms with Crippen molar-refractivity contribution in [3.05, 3.63) is 24.3 Å². The maximum Gasteiger partial charge on any atom is 0.333 e. The smallest absolute Gasteiger partial charge is 0.333 e. The zero-order valence-electron chi connectivity index (χ0n) is 9.41. The van der Waals surface area contributed by atoms with Crippen LogP contribution in [0, 0.1) is 0 Å². The van der Waals surface area contributed by atoms with E-state index in [1.807, 2.05) is 0 Å². The molecule has 0 aliphatic carbocycles. The van der Waals surface area contributed by atoms with Crippen LogP contribution in [-0.2, 0) is 24.5 Å². The van der Waals surface area contributed by atoms with Crippen molar-refractivity contribution in [3.8, 4) is 0 Å². The maximum absolute atomic E-state index is 10.2. The molecular weight excluding hydrogens is 268 g/mol. The molecule has 0 unspecified atom stereocenters. The van der Waals surface area contributed by atoms with Crippen LogP contribution in [0.3, 0.4) is 0 Å². The lowest BCUT2D eigenvalue weighted by molar-refractivity contribution is -0.139. The lowest BCUT2D eigenvalue weighted by Gasteiger charge is -1.91. The fraction of sp³-hybridized carbons (Fsp3) is 0.222. The molecule has 0 bridgehead atoms. The SMILES string of the molecule is C=C(C)C(=O)S(=O)(=O)O.C=C(CC(=O)O)C(=O)O. The van der Waals surface area contributed by atoms with Crippen molar-refractivity contribution in [2.75, 3.05) is 0 Å². The van der Waals surface area contributed by atoms with Gasteiger partial charge in [0.15, 0.2) is 0 Å². The Balaban J connectivity index is 0. The number of carboxylic acids is 2. The number of carbonyl (C=O) groups is 3. The molecular formula is C9H12O8S. The molecule has 102 valence electrons. The van der Waals surface area contributed by atoms with E-state index >= 15 is 0 Å². The standard InChI is InChI=1S/C5H6O4.C4H6O4S/c1-3(5(8)9)2-4(6)7;1-3(2)4(5)9(6,7)8/h1-2H2,(H,6,7)(H,8,9);1H2,2H3,(H,6,7,8). The first-order chi connectivity index (χ1) is 7.89. The summed E-state index contributed by atoms with van der Waals surface area (Å²) in [4.78, 5) is 29.9. The lowest BCUT2D eigenvalue weighted by Crippen LogP contribution is -2.13. The minimum absolute atomic E-state index is 0.197. The molecule has 0 aromatic rings. The highest BCUT2D eigenvalue weighted by Gasteiger charge is 2.17. The highest BCUT2D eigenvalue weighted by Crippen LogP contribution is 1.96. The Morgan fingerprint density at radius 2 is 1.50 bits per heavy atom. The summed E-state index contributed by atoms with van der Waals surface area (Å²) in [6, 6.07) is 0. The van der Waals surface area contributed by atoms with Gasteiger partial charge in [0.25, 0.3) is 5.12 Å². The molecule has 0 aliphatic rings. The third-order valence-corrected chi connectivity index (χ3v) is 2.07. The van der Waals surface area contributed by atoms with E-state index in [9.17, 15) is 22.8 Å². The average Bonchev–Trinajstić information content (AvgIpc) is 2.14. The molecule has 0 aromatic heterocycles. The number of hydrogen-bond acceptors (Lipinski definition) is 5. The van der Waals surface area contributed by atoms with E-state index in [0.29, 0.717) is 0 Å².